The summed E-state index contributed by atoms with van der Waals surface area (Å²) in [5.41, 5.74) is 3.09. The molecule has 0 radical (unpaired) electrons. The fraction of sp³-hybridized carbons (Fsp3) is 0.156. The molecule has 2 aromatic heterocycles. The third-order valence-corrected chi connectivity index (χ3v) is 7.07. The molecule has 0 aliphatic carbocycles. The molecule has 1 unspecified atom stereocenters. The number of halogens is 1. The second-order valence-electron chi connectivity index (χ2n) is 9.46. The summed E-state index contributed by atoms with van der Waals surface area (Å²) in [6.45, 7) is 1.77. The number of carbonyl (C=O) groups excluding carboxylic acids is 2. The van der Waals surface area contributed by atoms with Gasteiger partial charge >= 0.3 is 0 Å². The quantitative estimate of drug-likeness (QED) is 0.215. The van der Waals surface area contributed by atoms with Gasteiger partial charge in [0.05, 0.1) is 18.8 Å². The Hall–Kier alpha value is -4.82. The molecule has 1 amide bonds. The van der Waals surface area contributed by atoms with Gasteiger partial charge in [0.2, 0.25) is 5.91 Å². The maximum atomic E-state index is 13.8. The van der Waals surface area contributed by atoms with E-state index in [-0.39, 0.29) is 24.5 Å². The van der Waals surface area contributed by atoms with E-state index in [1.54, 1.807) is 49.5 Å². The number of carbonyl (C=O) groups is 2. The Morgan fingerprint density at radius 2 is 1.83 bits per heavy atom. The molecule has 0 saturated carbocycles. The van der Waals surface area contributed by atoms with E-state index in [2.05, 4.69) is 15.3 Å². The van der Waals surface area contributed by atoms with Gasteiger partial charge in [0, 0.05) is 52.3 Å². The Morgan fingerprint density at radius 3 is 2.59 bits per heavy atom. The van der Waals surface area contributed by atoms with Crippen molar-refractivity contribution in [1.29, 1.82) is 0 Å². The number of ketones is 1. The predicted octanol–water partition coefficient (Wildman–Crippen LogP) is 6.14. The van der Waals surface area contributed by atoms with Gasteiger partial charge in [-0.3, -0.25) is 19.0 Å². The largest absolute Gasteiger partial charge is 0.495 e. The number of hydrogen-bond acceptors (Lipinski definition) is 6. The van der Waals surface area contributed by atoms with Crippen molar-refractivity contribution in [2.24, 2.45) is 0 Å². The number of ether oxygens (including phenoxy) is 1. The van der Waals surface area contributed by atoms with Crippen LogP contribution in [-0.2, 0) is 11.2 Å². The van der Waals surface area contributed by atoms with Gasteiger partial charge in [0.1, 0.15) is 18.1 Å². The molecule has 0 aliphatic heterocycles. The smallest absolute Gasteiger partial charge is 0.252 e. The zero-order valence-corrected chi connectivity index (χ0v) is 23.3. The molecule has 5 aromatic rings. The van der Waals surface area contributed by atoms with E-state index in [4.69, 9.17) is 16.3 Å². The van der Waals surface area contributed by atoms with E-state index in [0.29, 0.717) is 33.1 Å². The number of rotatable bonds is 9. The summed E-state index contributed by atoms with van der Waals surface area (Å²) in [6.07, 6.45) is 5.18. The van der Waals surface area contributed by atoms with Gasteiger partial charge in [-0.05, 0) is 47.5 Å². The highest BCUT2D eigenvalue weighted by Crippen LogP contribution is 2.34. The zero-order chi connectivity index (χ0) is 28.9. The third-order valence-electron chi connectivity index (χ3n) is 6.84. The molecule has 0 fully saturated rings. The van der Waals surface area contributed by atoms with Gasteiger partial charge in [-0.25, -0.2) is 9.97 Å². The lowest BCUT2D eigenvalue weighted by Gasteiger charge is -2.22. The second-order valence-corrected chi connectivity index (χ2v) is 9.90. The maximum absolute atomic E-state index is 13.8. The molecule has 8 nitrogen and oxygen atoms in total. The lowest BCUT2D eigenvalue weighted by molar-refractivity contribution is -0.119. The number of pyridine rings is 1. The first-order valence-corrected chi connectivity index (χ1v) is 13.4. The van der Waals surface area contributed by atoms with Crippen LogP contribution in [0.1, 0.15) is 35.3 Å². The van der Waals surface area contributed by atoms with E-state index in [1.807, 2.05) is 30.3 Å². The lowest BCUT2D eigenvalue weighted by Crippen LogP contribution is -2.34. The van der Waals surface area contributed by atoms with Gasteiger partial charge in [-0.15, -0.1) is 0 Å². The van der Waals surface area contributed by atoms with E-state index < -0.39 is 11.6 Å². The average Bonchev–Trinajstić information content (AvgIpc) is 3.00. The molecule has 0 aliphatic rings. The number of benzene rings is 3. The summed E-state index contributed by atoms with van der Waals surface area (Å²) in [7, 11) is 1.48. The third kappa shape index (κ3) is 6.02. The normalized spacial score (nSPS) is 11.7. The van der Waals surface area contributed by atoms with E-state index in [0.717, 1.165) is 16.5 Å². The van der Waals surface area contributed by atoms with Crippen LogP contribution in [0.15, 0.2) is 96.3 Å². The van der Waals surface area contributed by atoms with Crippen LogP contribution in [0.3, 0.4) is 0 Å². The van der Waals surface area contributed by atoms with Crippen LogP contribution in [0.25, 0.3) is 22.0 Å². The second kappa shape index (κ2) is 12.1. The molecule has 5 rings (SSSR count). The highest BCUT2D eigenvalue weighted by Gasteiger charge is 2.25. The molecule has 1 N–H and O–H groups in total. The molecule has 9 heteroatoms. The molecule has 0 spiro atoms. The summed E-state index contributed by atoms with van der Waals surface area (Å²) in [5.74, 6) is -0.151. The Balaban J connectivity index is 1.58. The van der Waals surface area contributed by atoms with Crippen LogP contribution in [0.4, 0.5) is 5.69 Å². The van der Waals surface area contributed by atoms with E-state index >= 15 is 0 Å². The van der Waals surface area contributed by atoms with Gasteiger partial charge in [-0.1, -0.05) is 48.9 Å². The summed E-state index contributed by atoms with van der Waals surface area (Å²) in [4.78, 5) is 48.4. The predicted molar refractivity (Wildman–Crippen MR) is 160 cm³/mol. The Morgan fingerprint density at radius 1 is 1.02 bits per heavy atom. The van der Waals surface area contributed by atoms with Crippen molar-refractivity contribution in [3.63, 3.8) is 0 Å². The first-order chi connectivity index (χ1) is 19.9. The molecule has 0 bridgehead atoms. The Kier molecular flexibility index (Phi) is 8.21. The summed E-state index contributed by atoms with van der Waals surface area (Å²) in [5, 5.41) is 4.13. The monoisotopic (exact) mass is 566 g/mol. The van der Waals surface area contributed by atoms with Gasteiger partial charge in [0.25, 0.3) is 5.56 Å². The van der Waals surface area contributed by atoms with Gasteiger partial charge in [0.15, 0.2) is 5.78 Å². The van der Waals surface area contributed by atoms with Crippen LogP contribution in [0.5, 0.6) is 5.75 Å². The molecular formula is C32H27ClN4O4. The van der Waals surface area contributed by atoms with Crippen molar-refractivity contribution in [1.82, 2.24) is 14.5 Å². The highest BCUT2D eigenvalue weighted by atomic mass is 35.5. The number of fused-ring (bicyclic) bond motifs is 1. The van der Waals surface area contributed by atoms with Gasteiger partial charge in [-0.2, -0.15) is 0 Å². The van der Waals surface area contributed by atoms with Crippen molar-refractivity contribution < 1.29 is 14.3 Å². The Bertz CT molecular complexity index is 1800. The van der Waals surface area contributed by atoms with Crippen LogP contribution in [0, 0.1) is 0 Å². The molecule has 41 heavy (non-hydrogen) atoms. The number of methoxy groups -OCH3 is 1. The van der Waals surface area contributed by atoms with Crippen LogP contribution in [-0.4, -0.2) is 33.3 Å². The fourth-order valence-electron chi connectivity index (χ4n) is 4.76. The van der Waals surface area contributed by atoms with Gasteiger partial charge < -0.3 is 10.1 Å². The van der Waals surface area contributed by atoms with Crippen LogP contribution < -0.4 is 15.6 Å². The average molecular weight is 567 g/mol. The fourth-order valence-corrected chi connectivity index (χ4v) is 4.93. The Labute approximate surface area is 241 Å². The van der Waals surface area contributed by atoms with Crippen molar-refractivity contribution in [3.8, 4) is 16.9 Å². The number of amides is 1. The number of aromatic nitrogens is 3. The minimum absolute atomic E-state index is 0.0926. The van der Waals surface area contributed by atoms with Crippen LogP contribution in [0.2, 0.25) is 5.02 Å². The number of nitrogens with one attached hydrogen (secondary N) is 1. The topological polar surface area (TPSA) is 103 Å². The van der Waals surface area contributed by atoms with Crippen molar-refractivity contribution in [2.45, 2.75) is 25.8 Å². The first-order valence-electron chi connectivity index (χ1n) is 13.1. The first kappa shape index (κ1) is 27.7. The summed E-state index contributed by atoms with van der Waals surface area (Å²) >= 11 is 6.28. The molecular weight excluding hydrogens is 540 g/mol. The molecule has 1 atom stereocenters. The minimum atomic E-state index is -0.910. The molecule has 0 saturated heterocycles. The number of nitrogens with zero attached hydrogens (tertiary/aromatic N) is 3. The molecule has 3 aromatic carbocycles. The number of Topliss-reactive ketones (excluding diaryl/α,β-unsaturated/α-hetero) is 1. The van der Waals surface area contributed by atoms with E-state index in [9.17, 15) is 14.4 Å². The van der Waals surface area contributed by atoms with Crippen molar-refractivity contribution in [3.05, 3.63) is 118 Å². The standard InChI is InChI=1S/C32H27ClN4O4/c1-3-29(38)24-11-9-22(33)15-25(24)26-16-31(39)37(18-30(26)41-2)28(13-20-7-5-4-6-8-20)32(40)36-23-10-12-27-21(14-23)17-34-19-35-27/h4-12,14-19,28H,3,13H2,1-2H3,(H,36,40). The van der Waals surface area contributed by atoms with Crippen molar-refractivity contribution >= 4 is 39.9 Å². The number of hydrogen-bond donors (Lipinski definition) is 1. The van der Waals surface area contributed by atoms with Crippen LogP contribution >= 0.6 is 11.6 Å². The molecule has 206 valence electrons. The van der Waals surface area contributed by atoms with Crippen molar-refractivity contribution in [2.75, 3.05) is 12.4 Å². The minimum Gasteiger partial charge on any atom is -0.495 e. The molecule has 2 heterocycles. The lowest BCUT2D eigenvalue weighted by atomic mass is 9.95. The zero-order valence-electron chi connectivity index (χ0n) is 22.5. The summed E-state index contributed by atoms with van der Waals surface area (Å²) < 4.78 is 7.05. The van der Waals surface area contributed by atoms with E-state index in [1.165, 1.54) is 30.3 Å². The summed E-state index contributed by atoms with van der Waals surface area (Å²) in [6, 6.07) is 20.2. The SMILES string of the molecule is CCC(=O)c1ccc(Cl)cc1-c1cc(=O)n(C(Cc2ccccc2)C(=O)Nc2ccc3ncncc3c2)cc1OC. The number of anilines is 1. The maximum Gasteiger partial charge on any atom is 0.252 e. The highest BCUT2D eigenvalue weighted by molar-refractivity contribution is 6.31.